The third-order valence-corrected chi connectivity index (χ3v) is 2.26. The average molecular weight is 197 g/mol. The summed E-state index contributed by atoms with van der Waals surface area (Å²) in [5.41, 5.74) is 5.43. The van der Waals surface area contributed by atoms with E-state index in [0.717, 1.165) is 0 Å². The first kappa shape index (κ1) is 9.81. The minimum Gasteiger partial charge on any atom is -0.376 e. The van der Waals surface area contributed by atoms with Crippen LogP contribution in [0.15, 0.2) is 0 Å². The first-order chi connectivity index (χ1) is 6.15. The van der Waals surface area contributed by atoms with Crippen LogP contribution in [0, 0.1) is 12.3 Å². The van der Waals surface area contributed by atoms with E-state index < -0.39 is 0 Å². The molecule has 0 aromatic carbocycles. The van der Waals surface area contributed by atoms with E-state index in [1.165, 1.54) is 0 Å². The van der Waals surface area contributed by atoms with Gasteiger partial charge < -0.3 is 15.5 Å². The van der Waals surface area contributed by atoms with Crippen LogP contribution in [0.25, 0.3) is 0 Å². The van der Waals surface area contributed by atoms with E-state index >= 15 is 0 Å². The molecule has 1 aliphatic heterocycles. The van der Waals surface area contributed by atoms with Gasteiger partial charge in [-0.1, -0.05) is 0 Å². The number of amides is 1. The normalized spacial score (nSPS) is 16.5. The Labute approximate surface area is 82.7 Å². The Bertz CT molecular complexity index is 263. The van der Waals surface area contributed by atoms with Gasteiger partial charge in [-0.2, -0.15) is 0 Å². The fourth-order valence-electron chi connectivity index (χ4n) is 1.22. The lowest BCUT2D eigenvalue weighted by molar-refractivity contribution is -0.126. The molecule has 0 unspecified atom stereocenters. The maximum Gasteiger partial charge on any atom is 0.298 e. The highest BCUT2D eigenvalue weighted by Crippen LogP contribution is 2.01. The van der Waals surface area contributed by atoms with Crippen molar-refractivity contribution in [2.75, 3.05) is 26.2 Å². The molecule has 13 heavy (non-hydrogen) atoms. The van der Waals surface area contributed by atoms with Gasteiger partial charge in [-0.3, -0.25) is 4.79 Å². The number of nitrogens with two attached hydrogens (primary N) is 1. The first-order valence-corrected chi connectivity index (χ1v) is 4.36. The highest BCUT2D eigenvalue weighted by atomic mass is 32.1. The first-order valence-electron chi connectivity index (χ1n) is 3.95. The summed E-state index contributed by atoms with van der Waals surface area (Å²) in [6, 6.07) is 0. The molecular weight excluding hydrogens is 186 g/mol. The molecule has 0 atom stereocenters. The molecule has 0 aromatic rings. The summed E-state index contributed by atoms with van der Waals surface area (Å²) in [5, 5.41) is 0.382. The van der Waals surface area contributed by atoms with Gasteiger partial charge in [0.15, 0.2) is 5.11 Å². The second-order valence-corrected chi connectivity index (χ2v) is 3.18. The average Bonchev–Trinajstić information content (AvgIpc) is 2.17. The highest BCUT2D eigenvalue weighted by molar-refractivity contribution is 7.80. The van der Waals surface area contributed by atoms with Crippen LogP contribution < -0.4 is 5.73 Å². The van der Waals surface area contributed by atoms with Crippen molar-refractivity contribution in [2.45, 2.75) is 0 Å². The molecule has 0 spiro atoms. The highest BCUT2D eigenvalue weighted by Gasteiger charge is 2.19. The van der Waals surface area contributed by atoms with Crippen molar-refractivity contribution < 1.29 is 4.79 Å². The molecule has 0 radical (unpaired) electrons. The van der Waals surface area contributed by atoms with E-state index in [-0.39, 0.29) is 5.91 Å². The number of thiocarbonyl (C=S) groups is 1. The van der Waals surface area contributed by atoms with E-state index in [9.17, 15) is 4.79 Å². The summed E-state index contributed by atoms with van der Waals surface area (Å²) in [5.74, 6) is 1.82. The van der Waals surface area contributed by atoms with Crippen molar-refractivity contribution in [2.24, 2.45) is 5.73 Å². The Balaban J connectivity index is 2.44. The summed E-state index contributed by atoms with van der Waals surface area (Å²) in [6.07, 6.45) is 4.99. The van der Waals surface area contributed by atoms with Crippen LogP contribution in [0.5, 0.6) is 0 Å². The number of terminal acetylenes is 1. The maximum absolute atomic E-state index is 11.1. The van der Waals surface area contributed by atoms with Gasteiger partial charge in [0.05, 0.1) is 0 Å². The SMILES string of the molecule is C#CC(=O)N1CCN(C(N)=S)CC1. The van der Waals surface area contributed by atoms with Crippen LogP contribution in [0.1, 0.15) is 0 Å². The lowest BCUT2D eigenvalue weighted by Gasteiger charge is -2.33. The fraction of sp³-hybridized carbons (Fsp3) is 0.500. The molecule has 1 rings (SSSR count). The molecule has 2 N–H and O–H groups in total. The van der Waals surface area contributed by atoms with Gasteiger partial charge in [0.1, 0.15) is 0 Å². The molecular formula is C8H11N3OS. The van der Waals surface area contributed by atoms with Gasteiger partial charge >= 0.3 is 0 Å². The predicted octanol–water partition coefficient (Wildman–Crippen LogP) is -0.993. The number of hydrogen-bond donors (Lipinski definition) is 1. The molecule has 0 bridgehead atoms. The van der Waals surface area contributed by atoms with Crippen LogP contribution in [0.4, 0.5) is 0 Å². The monoisotopic (exact) mass is 197 g/mol. The van der Waals surface area contributed by atoms with Gasteiger partial charge in [-0.25, -0.2) is 0 Å². The number of rotatable bonds is 0. The zero-order valence-corrected chi connectivity index (χ0v) is 8.01. The minimum absolute atomic E-state index is 0.261. The van der Waals surface area contributed by atoms with E-state index in [1.807, 2.05) is 4.90 Å². The molecule has 1 aliphatic rings. The number of hydrogen-bond acceptors (Lipinski definition) is 2. The van der Waals surface area contributed by atoms with Crippen molar-refractivity contribution in [1.29, 1.82) is 0 Å². The Kier molecular flexibility index (Phi) is 3.09. The lowest BCUT2D eigenvalue weighted by atomic mass is 10.3. The van der Waals surface area contributed by atoms with Crippen molar-refractivity contribution >= 4 is 23.2 Å². The molecule has 0 saturated carbocycles. The Morgan fingerprint density at radius 3 is 2.15 bits per heavy atom. The van der Waals surface area contributed by atoms with Gasteiger partial charge in [0.25, 0.3) is 5.91 Å². The van der Waals surface area contributed by atoms with Gasteiger partial charge in [-0.05, 0) is 18.1 Å². The third kappa shape index (κ3) is 2.33. The third-order valence-electron chi connectivity index (χ3n) is 2.00. The summed E-state index contributed by atoms with van der Waals surface area (Å²) in [4.78, 5) is 14.5. The molecule has 1 amide bonds. The molecule has 1 heterocycles. The van der Waals surface area contributed by atoms with Crippen molar-refractivity contribution in [3.8, 4) is 12.3 Å². The molecule has 1 fully saturated rings. The number of nitrogens with zero attached hydrogens (tertiary/aromatic N) is 2. The predicted molar refractivity (Wildman–Crippen MR) is 53.8 cm³/mol. The molecule has 0 aliphatic carbocycles. The van der Waals surface area contributed by atoms with Gasteiger partial charge in [0.2, 0.25) is 0 Å². The zero-order valence-electron chi connectivity index (χ0n) is 7.19. The summed E-state index contributed by atoms with van der Waals surface area (Å²) < 4.78 is 0. The Hall–Kier alpha value is -1.28. The van der Waals surface area contributed by atoms with E-state index in [2.05, 4.69) is 5.92 Å². The second-order valence-electron chi connectivity index (χ2n) is 2.76. The van der Waals surface area contributed by atoms with Gasteiger partial charge in [0, 0.05) is 26.2 Å². The van der Waals surface area contributed by atoms with Crippen LogP contribution in [-0.4, -0.2) is 47.0 Å². The molecule has 70 valence electrons. The minimum atomic E-state index is -0.261. The van der Waals surface area contributed by atoms with Crippen LogP contribution in [0.3, 0.4) is 0 Å². The fourth-order valence-corrected chi connectivity index (χ4v) is 1.40. The second kappa shape index (κ2) is 4.10. The van der Waals surface area contributed by atoms with Crippen molar-refractivity contribution in [1.82, 2.24) is 9.80 Å². The van der Waals surface area contributed by atoms with Crippen molar-refractivity contribution in [3.63, 3.8) is 0 Å². The van der Waals surface area contributed by atoms with Crippen LogP contribution in [0.2, 0.25) is 0 Å². The topological polar surface area (TPSA) is 49.6 Å². The maximum atomic E-state index is 11.1. The smallest absolute Gasteiger partial charge is 0.298 e. The summed E-state index contributed by atoms with van der Waals surface area (Å²) in [7, 11) is 0. The Morgan fingerprint density at radius 1 is 1.31 bits per heavy atom. The molecule has 5 heteroatoms. The quantitative estimate of drug-likeness (QED) is 0.400. The summed E-state index contributed by atoms with van der Waals surface area (Å²) >= 11 is 4.81. The molecule has 0 aromatic heterocycles. The standard InChI is InChI=1S/C8H11N3OS/c1-2-7(12)10-3-5-11(6-4-10)8(9)13/h1H,3-6H2,(H2,9,13). The summed E-state index contributed by atoms with van der Waals surface area (Å²) in [6.45, 7) is 2.53. The molecule has 1 saturated heterocycles. The number of carbonyl (C=O) groups excluding carboxylic acids is 1. The van der Waals surface area contributed by atoms with Crippen LogP contribution in [-0.2, 0) is 4.79 Å². The van der Waals surface area contributed by atoms with E-state index in [4.69, 9.17) is 24.4 Å². The largest absolute Gasteiger partial charge is 0.376 e. The van der Waals surface area contributed by atoms with E-state index in [0.29, 0.717) is 31.3 Å². The zero-order chi connectivity index (χ0) is 9.84. The Morgan fingerprint density at radius 2 is 1.77 bits per heavy atom. The lowest BCUT2D eigenvalue weighted by Crippen LogP contribution is -2.51. The van der Waals surface area contributed by atoms with E-state index in [1.54, 1.807) is 4.90 Å². The van der Waals surface area contributed by atoms with Gasteiger partial charge in [-0.15, -0.1) is 6.42 Å². The molecule has 4 nitrogen and oxygen atoms in total. The van der Waals surface area contributed by atoms with Crippen molar-refractivity contribution in [3.05, 3.63) is 0 Å². The number of piperazine rings is 1. The van der Waals surface area contributed by atoms with Crippen LogP contribution >= 0.6 is 12.2 Å². The number of carbonyl (C=O) groups is 1.